The molecule has 1 aromatic heterocycles. The number of nitrogens with zero attached hydrogens (tertiary/aromatic N) is 3. The van der Waals surface area contributed by atoms with Gasteiger partial charge in [0.1, 0.15) is 11.5 Å². The molecule has 0 radical (unpaired) electrons. The summed E-state index contributed by atoms with van der Waals surface area (Å²) < 4.78 is 10.9. The van der Waals surface area contributed by atoms with Crippen molar-refractivity contribution in [1.29, 1.82) is 0 Å². The van der Waals surface area contributed by atoms with Gasteiger partial charge in [-0.25, -0.2) is 0 Å². The molecule has 0 spiro atoms. The molecule has 7 nitrogen and oxygen atoms in total. The Balaban J connectivity index is 1.60. The maximum atomic E-state index is 5.61. The van der Waals surface area contributed by atoms with Crippen molar-refractivity contribution in [2.24, 2.45) is 0 Å². The number of nitrogens with one attached hydrogen (secondary N) is 2. The highest BCUT2D eigenvalue weighted by atomic mass is 16.5. The quantitative estimate of drug-likeness (QED) is 0.599. The summed E-state index contributed by atoms with van der Waals surface area (Å²) >= 11 is 0. The molecule has 2 aromatic carbocycles. The summed E-state index contributed by atoms with van der Waals surface area (Å²) in [6, 6.07) is 15.7. The lowest BCUT2D eigenvalue weighted by molar-refractivity contribution is 0.342. The summed E-state index contributed by atoms with van der Waals surface area (Å²) in [4.78, 5) is 4.46. The molecule has 3 aromatic rings. The van der Waals surface area contributed by atoms with Gasteiger partial charge in [0.2, 0.25) is 5.95 Å². The molecule has 0 fully saturated rings. The van der Waals surface area contributed by atoms with Gasteiger partial charge >= 0.3 is 0 Å². The van der Waals surface area contributed by atoms with Gasteiger partial charge in [0.25, 0.3) is 0 Å². The smallest absolute Gasteiger partial charge is 0.249 e. The zero-order chi connectivity index (χ0) is 18.9. The molecule has 0 atom stereocenters. The maximum Gasteiger partial charge on any atom is 0.249 e. The molecule has 0 saturated carbocycles. The van der Waals surface area contributed by atoms with Crippen molar-refractivity contribution in [3.63, 3.8) is 0 Å². The van der Waals surface area contributed by atoms with E-state index in [0.717, 1.165) is 30.2 Å². The average Bonchev–Trinajstić information content (AvgIpc) is 2.70. The number of methoxy groups -OCH3 is 1. The topological polar surface area (TPSA) is 81.2 Å². The molecule has 3 rings (SSSR count). The Kier molecular flexibility index (Phi) is 6.40. The molecular weight excluding hydrogens is 342 g/mol. The molecule has 0 bridgehead atoms. The Morgan fingerprint density at radius 2 is 1.96 bits per heavy atom. The minimum atomic E-state index is 0.411. The monoisotopic (exact) mass is 365 g/mol. The maximum absolute atomic E-state index is 5.61. The van der Waals surface area contributed by atoms with Gasteiger partial charge in [0.15, 0.2) is 5.82 Å². The van der Waals surface area contributed by atoms with E-state index in [4.69, 9.17) is 9.47 Å². The number of hydrogen-bond donors (Lipinski definition) is 2. The van der Waals surface area contributed by atoms with E-state index in [1.807, 2.05) is 49.4 Å². The molecule has 0 aliphatic carbocycles. The van der Waals surface area contributed by atoms with Crippen molar-refractivity contribution in [3.05, 3.63) is 60.3 Å². The van der Waals surface area contributed by atoms with Gasteiger partial charge in [-0.05, 0) is 43.2 Å². The average molecular weight is 365 g/mol. The molecule has 7 heteroatoms. The van der Waals surface area contributed by atoms with Crippen LogP contribution in [-0.2, 0) is 6.42 Å². The number of rotatable bonds is 9. The molecule has 27 heavy (non-hydrogen) atoms. The lowest BCUT2D eigenvalue weighted by atomic mass is 10.1. The summed E-state index contributed by atoms with van der Waals surface area (Å²) in [5.74, 6) is 2.67. The van der Waals surface area contributed by atoms with Crippen LogP contribution < -0.4 is 20.1 Å². The number of ether oxygens (including phenoxy) is 2. The Morgan fingerprint density at radius 1 is 1.07 bits per heavy atom. The first kappa shape index (κ1) is 18.4. The fourth-order valence-electron chi connectivity index (χ4n) is 2.58. The standard InChI is InChI=1S/C20H23N5O2/c1-3-27-18-10-5-4-9-17(18)23-20-24-19(14-22-25-20)21-12-11-15-7-6-8-16(13-15)26-2/h4-10,13-14H,3,11-12H2,1-2H3,(H2,21,23,24,25). The van der Waals surface area contributed by atoms with Gasteiger partial charge in [0.05, 0.1) is 25.6 Å². The molecule has 0 aliphatic rings. The van der Waals surface area contributed by atoms with Crippen LogP contribution >= 0.6 is 0 Å². The number of benzene rings is 2. The van der Waals surface area contributed by atoms with E-state index in [1.54, 1.807) is 13.3 Å². The van der Waals surface area contributed by atoms with Gasteiger partial charge in [-0.3, -0.25) is 0 Å². The Bertz CT molecular complexity index is 872. The van der Waals surface area contributed by atoms with Crippen LogP contribution in [0.1, 0.15) is 12.5 Å². The van der Waals surface area contributed by atoms with Crippen LogP contribution in [0.4, 0.5) is 17.5 Å². The van der Waals surface area contributed by atoms with E-state index < -0.39 is 0 Å². The summed E-state index contributed by atoms with van der Waals surface area (Å²) in [6.45, 7) is 3.26. The molecule has 0 saturated heterocycles. The first-order valence-electron chi connectivity index (χ1n) is 8.84. The number of para-hydroxylation sites is 2. The van der Waals surface area contributed by atoms with Gasteiger partial charge in [0, 0.05) is 6.54 Å². The molecule has 0 unspecified atom stereocenters. The minimum Gasteiger partial charge on any atom is -0.497 e. The van der Waals surface area contributed by atoms with Crippen LogP contribution in [-0.4, -0.2) is 35.4 Å². The second kappa shape index (κ2) is 9.38. The highest BCUT2D eigenvalue weighted by Gasteiger charge is 2.06. The minimum absolute atomic E-state index is 0.411. The Morgan fingerprint density at radius 3 is 2.81 bits per heavy atom. The first-order chi connectivity index (χ1) is 13.3. The van der Waals surface area contributed by atoms with Crippen LogP contribution in [0.3, 0.4) is 0 Å². The van der Waals surface area contributed by atoms with E-state index in [-0.39, 0.29) is 0 Å². The first-order valence-corrected chi connectivity index (χ1v) is 8.84. The second-order valence-electron chi connectivity index (χ2n) is 5.75. The van der Waals surface area contributed by atoms with E-state index in [2.05, 4.69) is 31.9 Å². The highest BCUT2D eigenvalue weighted by Crippen LogP contribution is 2.26. The predicted molar refractivity (Wildman–Crippen MR) is 106 cm³/mol. The summed E-state index contributed by atoms with van der Waals surface area (Å²) in [7, 11) is 1.67. The van der Waals surface area contributed by atoms with Gasteiger partial charge in [-0.1, -0.05) is 24.3 Å². The lowest BCUT2D eigenvalue weighted by Crippen LogP contribution is -2.09. The van der Waals surface area contributed by atoms with Crippen molar-refractivity contribution in [2.75, 3.05) is 30.9 Å². The third kappa shape index (κ3) is 5.31. The lowest BCUT2D eigenvalue weighted by Gasteiger charge is -2.11. The fraction of sp³-hybridized carbons (Fsp3) is 0.250. The number of hydrogen-bond acceptors (Lipinski definition) is 7. The summed E-state index contributed by atoms with van der Waals surface area (Å²) in [5.41, 5.74) is 1.99. The molecule has 2 N–H and O–H groups in total. The van der Waals surface area contributed by atoms with Crippen molar-refractivity contribution in [1.82, 2.24) is 15.2 Å². The normalized spacial score (nSPS) is 10.3. The van der Waals surface area contributed by atoms with E-state index in [9.17, 15) is 0 Å². The molecular formula is C20H23N5O2. The van der Waals surface area contributed by atoms with Crippen LogP contribution in [0.15, 0.2) is 54.7 Å². The molecule has 1 heterocycles. The van der Waals surface area contributed by atoms with Gasteiger partial charge in [-0.2, -0.15) is 10.1 Å². The van der Waals surface area contributed by atoms with Crippen molar-refractivity contribution in [3.8, 4) is 11.5 Å². The SMILES string of the molecule is CCOc1ccccc1Nc1nncc(NCCc2cccc(OC)c2)n1. The van der Waals surface area contributed by atoms with Crippen molar-refractivity contribution < 1.29 is 9.47 Å². The molecule has 140 valence electrons. The van der Waals surface area contributed by atoms with Gasteiger partial charge < -0.3 is 20.1 Å². The van der Waals surface area contributed by atoms with Gasteiger partial charge in [-0.15, -0.1) is 5.10 Å². The third-order valence-corrected chi connectivity index (χ3v) is 3.85. The van der Waals surface area contributed by atoms with Crippen LogP contribution in [0.25, 0.3) is 0 Å². The molecule has 0 amide bonds. The summed E-state index contributed by atoms with van der Waals surface area (Å²) in [6.07, 6.45) is 2.45. The van der Waals surface area contributed by atoms with E-state index in [1.165, 1.54) is 5.56 Å². The largest absolute Gasteiger partial charge is 0.497 e. The Hall–Kier alpha value is -3.35. The Labute approximate surface area is 158 Å². The van der Waals surface area contributed by atoms with Crippen molar-refractivity contribution >= 4 is 17.5 Å². The fourth-order valence-corrected chi connectivity index (χ4v) is 2.58. The van der Waals surface area contributed by atoms with Crippen LogP contribution in [0.2, 0.25) is 0 Å². The third-order valence-electron chi connectivity index (χ3n) is 3.85. The van der Waals surface area contributed by atoms with Crippen LogP contribution in [0.5, 0.6) is 11.5 Å². The molecule has 0 aliphatic heterocycles. The van der Waals surface area contributed by atoms with Crippen molar-refractivity contribution in [2.45, 2.75) is 13.3 Å². The number of anilines is 3. The van der Waals surface area contributed by atoms with E-state index >= 15 is 0 Å². The van der Waals surface area contributed by atoms with E-state index in [0.29, 0.717) is 18.4 Å². The summed E-state index contributed by atoms with van der Waals surface area (Å²) in [5, 5.41) is 14.5. The second-order valence-corrected chi connectivity index (χ2v) is 5.75. The predicted octanol–water partition coefficient (Wildman–Crippen LogP) is 3.68. The number of aromatic nitrogens is 3. The zero-order valence-electron chi connectivity index (χ0n) is 15.5. The highest BCUT2D eigenvalue weighted by molar-refractivity contribution is 5.62. The zero-order valence-corrected chi connectivity index (χ0v) is 15.5. The van der Waals surface area contributed by atoms with Crippen LogP contribution in [0, 0.1) is 0 Å².